The van der Waals surface area contributed by atoms with Crippen molar-refractivity contribution < 1.29 is 18.7 Å². The number of halogens is 1. The maximum absolute atomic E-state index is 13.4. The van der Waals surface area contributed by atoms with Gasteiger partial charge in [0.1, 0.15) is 23.4 Å². The van der Waals surface area contributed by atoms with Crippen LogP contribution in [-0.4, -0.2) is 65.3 Å². The van der Waals surface area contributed by atoms with Crippen LogP contribution in [0.5, 0.6) is 11.5 Å². The Morgan fingerprint density at radius 3 is 2.26 bits per heavy atom. The van der Waals surface area contributed by atoms with Gasteiger partial charge in [-0.2, -0.15) is 11.8 Å². The summed E-state index contributed by atoms with van der Waals surface area (Å²) >= 11 is 1.91. The molecule has 0 bridgehead atoms. The van der Waals surface area contributed by atoms with Gasteiger partial charge in [-0.3, -0.25) is 14.5 Å². The molecule has 0 spiro atoms. The van der Waals surface area contributed by atoms with Crippen molar-refractivity contribution >= 4 is 29.3 Å². The molecular weight excluding hydrogens is 501 g/mol. The van der Waals surface area contributed by atoms with Crippen molar-refractivity contribution in [3.63, 3.8) is 0 Å². The van der Waals surface area contributed by atoms with Crippen LogP contribution in [0, 0.1) is 11.7 Å². The van der Waals surface area contributed by atoms with Crippen LogP contribution in [0.3, 0.4) is 0 Å². The third-order valence-electron chi connectivity index (χ3n) is 7.01. The third kappa shape index (κ3) is 6.94. The van der Waals surface area contributed by atoms with E-state index in [-0.39, 0.29) is 23.5 Å². The molecule has 0 aromatic heterocycles. The molecule has 3 aromatic rings. The fourth-order valence-electron chi connectivity index (χ4n) is 5.05. The molecule has 2 amide bonds. The number of likely N-dealkylation sites (tertiary alicyclic amines) is 1. The van der Waals surface area contributed by atoms with Crippen molar-refractivity contribution in [2.45, 2.75) is 18.9 Å². The van der Waals surface area contributed by atoms with Gasteiger partial charge in [0.15, 0.2) is 0 Å². The van der Waals surface area contributed by atoms with Gasteiger partial charge < -0.3 is 15.0 Å². The first kappa shape index (κ1) is 26.3. The molecule has 38 heavy (non-hydrogen) atoms. The van der Waals surface area contributed by atoms with Gasteiger partial charge in [0.25, 0.3) is 0 Å². The van der Waals surface area contributed by atoms with E-state index in [9.17, 15) is 14.0 Å². The molecule has 6 nitrogen and oxygen atoms in total. The maximum Gasteiger partial charge on any atom is 0.247 e. The van der Waals surface area contributed by atoms with Gasteiger partial charge in [0.2, 0.25) is 11.8 Å². The van der Waals surface area contributed by atoms with Gasteiger partial charge in [-0.05, 0) is 72.9 Å². The molecule has 0 saturated carbocycles. The molecule has 3 aromatic carbocycles. The summed E-state index contributed by atoms with van der Waals surface area (Å²) in [5.41, 5.74) is 1.85. The lowest BCUT2D eigenvalue weighted by molar-refractivity contribution is -0.137. The zero-order valence-electron chi connectivity index (χ0n) is 21.2. The van der Waals surface area contributed by atoms with E-state index in [1.54, 1.807) is 41.3 Å². The highest BCUT2D eigenvalue weighted by Gasteiger charge is 2.39. The first-order chi connectivity index (χ1) is 18.5. The molecule has 2 aliphatic rings. The van der Waals surface area contributed by atoms with Gasteiger partial charge in [-0.25, -0.2) is 4.39 Å². The largest absolute Gasteiger partial charge is 0.457 e. The maximum atomic E-state index is 13.4. The summed E-state index contributed by atoms with van der Waals surface area (Å²) in [5, 5.41) is 3.00. The van der Waals surface area contributed by atoms with Crippen LogP contribution in [0.4, 0.5) is 10.1 Å². The zero-order chi connectivity index (χ0) is 26.3. The van der Waals surface area contributed by atoms with Gasteiger partial charge in [-0.1, -0.05) is 30.3 Å². The first-order valence-corrected chi connectivity index (χ1v) is 14.2. The van der Waals surface area contributed by atoms with Crippen LogP contribution >= 0.6 is 11.8 Å². The molecule has 2 aliphatic heterocycles. The number of ether oxygens (including phenoxy) is 1. The van der Waals surface area contributed by atoms with E-state index in [4.69, 9.17) is 4.74 Å². The Bertz CT molecular complexity index is 1220. The smallest absolute Gasteiger partial charge is 0.247 e. The Kier molecular flexibility index (Phi) is 8.61. The first-order valence-electron chi connectivity index (χ1n) is 13.0. The Hall–Kier alpha value is -3.36. The minimum absolute atomic E-state index is 0.0238. The number of carbonyl (C=O) groups excluding carboxylic acids is 2. The number of benzene rings is 3. The van der Waals surface area contributed by atoms with Gasteiger partial charge in [0.05, 0.1) is 6.54 Å². The molecule has 8 heteroatoms. The number of carbonyl (C=O) groups is 2. The fourth-order valence-corrected chi connectivity index (χ4v) is 6.03. The van der Waals surface area contributed by atoms with Crippen LogP contribution in [0.25, 0.3) is 0 Å². The van der Waals surface area contributed by atoms with Crippen molar-refractivity contribution in [3.05, 3.63) is 90.2 Å². The molecule has 1 N–H and O–H groups in total. The predicted molar refractivity (Wildman–Crippen MR) is 149 cm³/mol. The molecule has 0 unspecified atom stereocenters. The molecule has 2 fully saturated rings. The second-order valence-corrected chi connectivity index (χ2v) is 11.0. The number of hydrogen-bond donors (Lipinski definition) is 1. The van der Waals surface area contributed by atoms with Gasteiger partial charge in [-0.15, -0.1) is 0 Å². The zero-order valence-corrected chi connectivity index (χ0v) is 22.0. The lowest BCUT2D eigenvalue weighted by atomic mass is 9.96. The number of amides is 2. The van der Waals surface area contributed by atoms with E-state index in [0.29, 0.717) is 36.7 Å². The van der Waals surface area contributed by atoms with E-state index in [1.807, 2.05) is 30.0 Å². The fraction of sp³-hybridized carbons (Fsp3) is 0.333. The molecule has 5 rings (SSSR count). The van der Waals surface area contributed by atoms with E-state index >= 15 is 0 Å². The Morgan fingerprint density at radius 2 is 1.58 bits per heavy atom. The topological polar surface area (TPSA) is 61.9 Å². The summed E-state index contributed by atoms with van der Waals surface area (Å²) in [6.45, 7) is 2.75. The number of thioether (sulfide) groups is 1. The van der Waals surface area contributed by atoms with Crippen molar-refractivity contribution in [2.75, 3.05) is 43.0 Å². The minimum Gasteiger partial charge on any atom is -0.457 e. The molecular formula is C30H32FN3O3S. The van der Waals surface area contributed by atoms with Crippen LogP contribution in [-0.2, 0) is 16.0 Å². The summed E-state index contributed by atoms with van der Waals surface area (Å²) < 4.78 is 18.9. The Balaban J connectivity index is 1.24. The second-order valence-electron chi connectivity index (χ2n) is 9.81. The average molecular weight is 534 g/mol. The van der Waals surface area contributed by atoms with E-state index in [2.05, 4.69) is 22.3 Å². The predicted octanol–water partition coefficient (Wildman–Crippen LogP) is 5.07. The molecule has 198 valence electrons. The molecule has 2 saturated heterocycles. The van der Waals surface area contributed by atoms with Crippen LogP contribution in [0.2, 0.25) is 0 Å². The summed E-state index contributed by atoms with van der Waals surface area (Å²) in [6.07, 6.45) is 1.47. The lowest BCUT2D eigenvalue weighted by Crippen LogP contribution is -2.48. The average Bonchev–Trinajstić information content (AvgIpc) is 3.36. The third-order valence-corrected chi connectivity index (χ3v) is 7.95. The number of nitrogens with one attached hydrogen (secondary N) is 1. The quantitative estimate of drug-likeness (QED) is 0.438. The SMILES string of the molecule is O=C(Nc1ccc(Oc2ccc(F)cc2)cc1)[C@@H]1C[C@@H](Cc2ccccc2)CN1C(=O)CN1CCSCC1. The normalized spacial score (nSPS) is 19.8. The van der Waals surface area contributed by atoms with Gasteiger partial charge in [0, 0.05) is 36.8 Å². The highest BCUT2D eigenvalue weighted by Crippen LogP contribution is 2.29. The number of nitrogens with zero attached hydrogens (tertiary/aromatic N) is 2. The minimum atomic E-state index is -0.509. The highest BCUT2D eigenvalue weighted by atomic mass is 32.2. The molecule has 2 heterocycles. The van der Waals surface area contributed by atoms with Crippen LogP contribution in [0.1, 0.15) is 12.0 Å². The van der Waals surface area contributed by atoms with Crippen molar-refractivity contribution in [2.24, 2.45) is 5.92 Å². The Labute approximate surface area is 227 Å². The standard InChI is InChI=1S/C30H32FN3O3S/c31-24-6-10-26(11-7-24)37-27-12-8-25(9-13-27)32-30(36)28-19-23(18-22-4-2-1-3-5-22)20-34(28)29(35)21-33-14-16-38-17-15-33/h1-13,23,28H,14-21H2,(H,32,36)/t23-,28+/m1/s1. The molecule has 0 aliphatic carbocycles. The summed E-state index contributed by atoms with van der Waals surface area (Å²) in [4.78, 5) is 30.8. The summed E-state index contributed by atoms with van der Waals surface area (Å²) in [7, 11) is 0. The van der Waals surface area contributed by atoms with Crippen molar-refractivity contribution in [1.82, 2.24) is 9.80 Å². The summed E-state index contributed by atoms with van der Waals surface area (Å²) in [6, 6.07) is 22.6. The molecule has 0 radical (unpaired) electrons. The number of hydrogen-bond acceptors (Lipinski definition) is 5. The lowest BCUT2D eigenvalue weighted by Gasteiger charge is -2.30. The summed E-state index contributed by atoms with van der Waals surface area (Å²) in [5.74, 6) is 2.93. The second kappa shape index (κ2) is 12.5. The van der Waals surface area contributed by atoms with Gasteiger partial charge >= 0.3 is 0 Å². The van der Waals surface area contributed by atoms with Crippen molar-refractivity contribution in [1.29, 1.82) is 0 Å². The number of rotatable bonds is 8. The monoisotopic (exact) mass is 533 g/mol. The van der Waals surface area contributed by atoms with E-state index in [0.717, 1.165) is 31.0 Å². The van der Waals surface area contributed by atoms with Crippen LogP contribution < -0.4 is 10.1 Å². The number of anilines is 1. The highest BCUT2D eigenvalue weighted by molar-refractivity contribution is 7.99. The van der Waals surface area contributed by atoms with E-state index in [1.165, 1.54) is 17.7 Å². The molecule has 2 atom stereocenters. The Morgan fingerprint density at radius 1 is 0.921 bits per heavy atom. The van der Waals surface area contributed by atoms with E-state index < -0.39 is 6.04 Å². The van der Waals surface area contributed by atoms with Crippen LogP contribution in [0.15, 0.2) is 78.9 Å². The van der Waals surface area contributed by atoms with Crippen molar-refractivity contribution in [3.8, 4) is 11.5 Å².